The summed E-state index contributed by atoms with van der Waals surface area (Å²) in [7, 11) is 0. The number of nitrogens with zero attached hydrogens (tertiary/aromatic N) is 3. The van der Waals surface area contributed by atoms with Crippen molar-refractivity contribution in [2.75, 3.05) is 19.7 Å². The average Bonchev–Trinajstić information content (AvgIpc) is 3.09. The van der Waals surface area contributed by atoms with E-state index in [0.29, 0.717) is 33.9 Å². The Hall–Kier alpha value is -1.43. The number of aromatic nitrogens is 2. The van der Waals surface area contributed by atoms with Crippen molar-refractivity contribution in [2.24, 2.45) is 0 Å². The van der Waals surface area contributed by atoms with Gasteiger partial charge in [-0.2, -0.15) is 0 Å². The van der Waals surface area contributed by atoms with Crippen LogP contribution < -0.4 is 4.74 Å². The third kappa shape index (κ3) is 5.80. The molecule has 1 aromatic heterocycles. The fraction of sp³-hybridized carbons (Fsp3) is 0.412. The minimum absolute atomic E-state index is 0.134. The van der Waals surface area contributed by atoms with Gasteiger partial charge in [0.05, 0.1) is 16.6 Å². The molecule has 1 aromatic carbocycles. The largest absolute Gasteiger partial charge is 0.489 e. The van der Waals surface area contributed by atoms with Gasteiger partial charge in [-0.3, -0.25) is 4.57 Å². The second-order valence-electron chi connectivity index (χ2n) is 5.49. The van der Waals surface area contributed by atoms with E-state index in [1.54, 1.807) is 29.4 Å². The Morgan fingerprint density at radius 3 is 2.52 bits per heavy atom. The highest BCUT2D eigenvalue weighted by Gasteiger charge is 2.16. The molecule has 0 aliphatic carbocycles. The van der Waals surface area contributed by atoms with Crippen LogP contribution in [-0.4, -0.2) is 40.2 Å². The summed E-state index contributed by atoms with van der Waals surface area (Å²) in [5.41, 5.74) is 0. The molecular formula is C17H20Cl3N3O2. The van der Waals surface area contributed by atoms with Gasteiger partial charge in [0.25, 0.3) is 0 Å². The quantitative estimate of drug-likeness (QED) is 0.555. The first-order valence-electron chi connectivity index (χ1n) is 8.07. The molecule has 0 N–H and O–H groups in total. The van der Waals surface area contributed by atoms with Crippen LogP contribution in [0.3, 0.4) is 0 Å². The Morgan fingerprint density at radius 2 is 1.92 bits per heavy atom. The molecule has 0 radical (unpaired) electrons. The van der Waals surface area contributed by atoms with Gasteiger partial charge in [0.1, 0.15) is 12.9 Å². The van der Waals surface area contributed by atoms with E-state index in [1.807, 2.05) is 0 Å². The number of carbonyl (C=O) groups excluding carboxylic acids is 1. The lowest BCUT2D eigenvalue weighted by molar-refractivity contribution is 0.182. The van der Waals surface area contributed by atoms with Gasteiger partial charge in [-0.1, -0.05) is 54.6 Å². The van der Waals surface area contributed by atoms with E-state index in [-0.39, 0.29) is 12.6 Å². The maximum atomic E-state index is 12.5. The Kier molecular flexibility index (Phi) is 7.88. The lowest BCUT2D eigenvalue weighted by atomic mass is 10.2. The van der Waals surface area contributed by atoms with Crippen molar-refractivity contribution >= 4 is 40.8 Å². The molecule has 1 heterocycles. The lowest BCUT2D eigenvalue weighted by Gasteiger charge is -2.23. The van der Waals surface area contributed by atoms with Crippen LogP contribution in [0, 0.1) is 0 Å². The van der Waals surface area contributed by atoms with E-state index in [4.69, 9.17) is 39.5 Å². The van der Waals surface area contributed by atoms with Crippen molar-refractivity contribution < 1.29 is 9.53 Å². The number of benzene rings is 1. The van der Waals surface area contributed by atoms with Crippen molar-refractivity contribution in [3.05, 3.63) is 45.9 Å². The Labute approximate surface area is 162 Å². The average molecular weight is 405 g/mol. The predicted octanol–water partition coefficient (Wildman–Crippen LogP) is 5.38. The third-order valence-corrected chi connectivity index (χ3v) is 4.38. The van der Waals surface area contributed by atoms with Crippen LogP contribution in [0.2, 0.25) is 15.1 Å². The second-order valence-corrected chi connectivity index (χ2v) is 6.74. The van der Waals surface area contributed by atoms with Gasteiger partial charge in [0.15, 0.2) is 5.75 Å². The fourth-order valence-corrected chi connectivity index (χ4v) is 3.24. The van der Waals surface area contributed by atoms with Crippen LogP contribution in [0.4, 0.5) is 4.79 Å². The summed E-state index contributed by atoms with van der Waals surface area (Å²) in [4.78, 5) is 18.2. The third-order valence-electron chi connectivity index (χ3n) is 3.60. The Balaban J connectivity index is 1.98. The number of rotatable bonds is 8. The van der Waals surface area contributed by atoms with Crippen molar-refractivity contribution in [2.45, 2.75) is 26.2 Å². The van der Waals surface area contributed by atoms with Crippen molar-refractivity contribution in [3.63, 3.8) is 0 Å². The standard InChI is InChI=1S/C17H20Cl3N3O2/c1-2-3-4-6-22(17(24)23-7-5-21-12-23)8-9-25-16-14(19)10-13(18)11-15(16)20/h5,7,10-12H,2-4,6,8-9H2,1H3. The van der Waals surface area contributed by atoms with Crippen LogP contribution in [0.15, 0.2) is 30.9 Å². The number of amides is 1. The number of imidazole rings is 1. The molecule has 0 unspecified atom stereocenters. The summed E-state index contributed by atoms with van der Waals surface area (Å²) in [5, 5.41) is 1.13. The van der Waals surface area contributed by atoms with Crippen LogP contribution in [0.25, 0.3) is 0 Å². The summed E-state index contributed by atoms with van der Waals surface area (Å²) < 4.78 is 7.14. The van der Waals surface area contributed by atoms with Gasteiger partial charge >= 0.3 is 6.03 Å². The number of carbonyl (C=O) groups is 1. The highest BCUT2D eigenvalue weighted by molar-refractivity contribution is 6.40. The molecule has 0 aliphatic heterocycles. The van der Waals surface area contributed by atoms with Crippen molar-refractivity contribution in [1.82, 2.24) is 14.5 Å². The van der Waals surface area contributed by atoms with Gasteiger partial charge < -0.3 is 9.64 Å². The molecule has 25 heavy (non-hydrogen) atoms. The Morgan fingerprint density at radius 1 is 1.20 bits per heavy atom. The SMILES string of the molecule is CCCCCN(CCOc1c(Cl)cc(Cl)cc1Cl)C(=O)n1ccnc1. The first-order valence-corrected chi connectivity index (χ1v) is 9.21. The van der Waals surface area contributed by atoms with Gasteiger partial charge in [-0.15, -0.1) is 0 Å². The Bertz CT molecular complexity index is 669. The molecule has 8 heteroatoms. The minimum atomic E-state index is -0.134. The molecule has 0 spiro atoms. The zero-order valence-corrected chi connectivity index (χ0v) is 16.2. The van der Waals surface area contributed by atoms with E-state index in [1.165, 1.54) is 10.9 Å². The van der Waals surface area contributed by atoms with Crippen molar-refractivity contribution in [3.8, 4) is 5.75 Å². The molecule has 1 amide bonds. The van der Waals surface area contributed by atoms with Crippen molar-refractivity contribution in [1.29, 1.82) is 0 Å². The van der Waals surface area contributed by atoms with Crippen LogP contribution in [0.5, 0.6) is 5.75 Å². The van der Waals surface area contributed by atoms with Gasteiger partial charge in [-0.05, 0) is 18.6 Å². The van der Waals surface area contributed by atoms with Gasteiger partial charge in [0.2, 0.25) is 0 Å². The highest BCUT2D eigenvalue weighted by Crippen LogP contribution is 2.35. The first kappa shape index (κ1) is 19.9. The summed E-state index contributed by atoms with van der Waals surface area (Å²) in [5.74, 6) is 0.372. The number of hydrogen-bond donors (Lipinski definition) is 0. The van der Waals surface area contributed by atoms with Crippen LogP contribution >= 0.6 is 34.8 Å². The fourth-order valence-electron chi connectivity index (χ4n) is 2.32. The number of hydrogen-bond acceptors (Lipinski definition) is 3. The zero-order chi connectivity index (χ0) is 18.2. The highest BCUT2D eigenvalue weighted by atomic mass is 35.5. The number of ether oxygens (including phenoxy) is 1. The molecule has 136 valence electrons. The topological polar surface area (TPSA) is 47.4 Å². The molecule has 0 bridgehead atoms. The maximum Gasteiger partial charge on any atom is 0.329 e. The van der Waals surface area contributed by atoms with Crippen LogP contribution in [-0.2, 0) is 0 Å². The molecule has 0 saturated heterocycles. The molecule has 5 nitrogen and oxygen atoms in total. The molecule has 0 saturated carbocycles. The van der Waals surface area contributed by atoms with Gasteiger partial charge in [0, 0.05) is 24.0 Å². The summed E-state index contributed by atoms with van der Waals surface area (Å²) in [6, 6.07) is 3.01. The maximum absolute atomic E-state index is 12.5. The molecule has 0 atom stereocenters. The summed E-state index contributed by atoms with van der Waals surface area (Å²) >= 11 is 18.1. The summed E-state index contributed by atoms with van der Waals surface area (Å²) in [6.07, 6.45) is 7.76. The van der Waals surface area contributed by atoms with E-state index >= 15 is 0 Å². The molecule has 2 aromatic rings. The van der Waals surface area contributed by atoms with Crippen LogP contribution in [0.1, 0.15) is 26.2 Å². The summed E-state index contributed by atoms with van der Waals surface area (Å²) in [6.45, 7) is 3.45. The predicted molar refractivity (Wildman–Crippen MR) is 101 cm³/mol. The minimum Gasteiger partial charge on any atom is -0.489 e. The van der Waals surface area contributed by atoms with E-state index in [2.05, 4.69) is 11.9 Å². The molecule has 0 fully saturated rings. The van der Waals surface area contributed by atoms with E-state index in [9.17, 15) is 4.79 Å². The zero-order valence-electron chi connectivity index (χ0n) is 13.9. The lowest BCUT2D eigenvalue weighted by Crippen LogP contribution is -2.38. The van der Waals surface area contributed by atoms with Gasteiger partial charge in [-0.25, -0.2) is 9.78 Å². The number of unbranched alkanes of at least 4 members (excludes halogenated alkanes) is 2. The molecule has 0 aliphatic rings. The monoisotopic (exact) mass is 403 g/mol. The first-order chi connectivity index (χ1) is 12.0. The smallest absolute Gasteiger partial charge is 0.329 e. The molecule has 2 rings (SSSR count). The molecular weight excluding hydrogens is 385 g/mol. The normalized spacial score (nSPS) is 10.7. The van der Waals surface area contributed by atoms with E-state index < -0.39 is 0 Å². The number of halogens is 3. The second kappa shape index (κ2) is 9.90. The van der Waals surface area contributed by atoms with E-state index in [0.717, 1.165) is 19.3 Å².